The Morgan fingerprint density at radius 2 is 2.39 bits per heavy atom. The molecule has 1 heterocycles. The second-order valence-electron chi connectivity index (χ2n) is 3.35. The van der Waals surface area contributed by atoms with E-state index in [9.17, 15) is 4.79 Å². The first-order valence-electron chi connectivity index (χ1n) is 4.99. The van der Waals surface area contributed by atoms with Crippen molar-refractivity contribution in [2.45, 2.75) is 5.16 Å². The van der Waals surface area contributed by atoms with E-state index < -0.39 is 0 Å². The van der Waals surface area contributed by atoms with Crippen molar-refractivity contribution in [3.63, 3.8) is 0 Å². The van der Waals surface area contributed by atoms with Crippen molar-refractivity contribution >= 4 is 40.9 Å². The lowest BCUT2D eigenvalue weighted by Gasteiger charge is -2.03. The summed E-state index contributed by atoms with van der Waals surface area (Å²) in [5.74, 6) is 0.266. The van der Waals surface area contributed by atoms with Crippen molar-refractivity contribution in [2.75, 3.05) is 16.8 Å². The maximum absolute atomic E-state index is 11.6. The number of hydrogen-bond acceptors (Lipinski definition) is 5. The first-order chi connectivity index (χ1) is 8.63. The predicted molar refractivity (Wildman–Crippen MR) is 71.6 cm³/mol. The molecule has 18 heavy (non-hydrogen) atoms. The molecule has 0 aliphatic rings. The normalized spacial score (nSPS) is 10.3. The summed E-state index contributed by atoms with van der Waals surface area (Å²) < 4.78 is 0. The van der Waals surface area contributed by atoms with Gasteiger partial charge in [-0.15, -0.1) is 5.10 Å². The second-order valence-corrected chi connectivity index (χ2v) is 4.73. The smallest absolute Gasteiger partial charge is 0.234 e. The SMILES string of the molecule is Nc1nc(SCC(=O)Nc2cccc(Cl)c2)n[nH]1. The van der Waals surface area contributed by atoms with Gasteiger partial charge in [0.15, 0.2) is 0 Å². The van der Waals surface area contributed by atoms with Crippen molar-refractivity contribution in [3.8, 4) is 0 Å². The fourth-order valence-electron chi connectivity index (χ4n) is 1.22. The number of benzene rings is 1. The minimum Gasteiger partial charge on any atom is -0.368 e. The molecule has 0 radical (unpaired) electrons. The largest absolute Gasteiger partial charge is 0.368 e. The Kier molecular flexibility index (Phi) is 4.06. The van der Waals surface area contributed by atoms with Crippen molar-refractivity contribution in [1.29, 1.82) is 0 Å². The van der Waals surface area contributed by atoms with Crippen molar-refractivity contribution in [1.82, 2.24) is 15.2 Å². The summed E-state index contributed by atoms with van der Waals surface area (Å²) in [5.41, 5.74) is 6.02. The third-order valence-electron chi connectivity index (χ3n) is 1.92. The van der Waals surface area contributed by atoms with Gasteiger partial charge in [0.1, 0.15) is 0 Å². The quantitative estimate of drug-likeness (QED) is 0.743. The first-order valence-corrected chi connectivity index (χ1v) is 6.36. The number of hydrogen-bond donors (Lipinski definition) is 3. The Labute approximate surface area is 112 Å². The topological polar surface area (TPSA) is 96.7 Å². The van der Waals surface area contributed by atoms with Gasteiger partial charge in [-0.2, -0.15) is 4.98 Å². The van der Waals surface area contributed by atoms with Gasteiger partial charge in [0.2, 0.25) is 17.0 Å². The summed E-state index contributed by atoms with van der Waals surface area (Å²) in [7, 11) is 0. The zero-order valence-corrected chi connectivity index (χ0v) is 10.8. The van der Waals surface area contributed by atoms with E-state index >= 15 is 0 Å². The van der Waals surface area contributed by atoms with Gasteiger partial charge in [-0.25, -0.2) is 5.10 Å². The van der Waals surface area contributed by atoms with Crippen LogP contribution in [0.5, 0.6) is 0 Å². The molecular formula is C10H10ClN5OS. The van der Waals surface area contributed by atoms with E-state index in [4.69, 9.17) is 17.3 Å². The number of nitrogen functional groups attached to an aromatic ring is 1. The molecule has 4 N–H and O–H groups in total. The lowest BCUT2D eigenvalue weighted by atomic mass is 10.3. The van der Waals surface area contributed by atoms with E-state index in [2.05, 4.69) is 20.5 Å². The minimum atomic E-state index is -0.161. The van der Waals surface area contributed by atoms with Crippen LogP contribution in [-0.4, -0.2) is 26.8 Å². The summed E-state index contributed by atoms with van der Waals surface area (Å²) >= 11 is 7.00. The number of carbonyl (C=O) groups is 1. The highest BCUT2D eigenvalue weighted by atomic mass is 35.5. The number of H-pyrrole nitrogens is 1. The zero-order chi connectivity index (χ0) is 13.0. The molecule has 1 aromatic carbocycles. The van der Waals surface area contributed by atoms with Crippen LogP contribution in [0.1, 0.15) is 0 Å². The van der Waals surface area contributed by atoms with E-state index in [1.54, 1.807) is 24.3 Å². The molecule has 94 valence electrons. The number of carbonyl (C=O) groups excluding carboxylic acids is 1. The van der Waals surface area contributed by atoms with E-state index in [1.165, 1.54) is 11.8 Å². The number of aromatic nitrogens is 3. The standard InChI is InChI=1S/C10H10ClN5OS/c11-6-2-1-3-7(4-6)13-8(17)5-18-10-14-9(12)15-16-10/h1-4H,5H2,(H,13,17)(H3,12,14,15,16). The molecule has 0 aliphatic carbocycles. The molecule has 1 aromatic heterocycles. The van der Waals surface area contributed by atoms with Crippen molar-refractivity contribution in [3.05, 3.63) is 29.3 Å². The maximum atomic E-state index is 11.6. The summed E-state index contributed by atoms with van der Waals surface area (Å²) in [4.78, 5) is 15.5. The first kappa shape index (κ1) is 12.7. The van der Waals surface area contributed by atoms with Gasteiger partial charge < -0.3 is 11.1 Å². The number of nitrogens with zero attached hydrogens (tertiary/aromatic N) is 2. The number of thioether (sulfide) groups is 1. The Balaban J connectivity index is 1.85. The van der Waals surface area contributed by atoms with Crippen molar-refractivity contribution < 1.29 is 4.79 Å². The second kappa shape index (κ2) is 5.74. The Bertz CT molecular complexity index is 559. The Morgan fingerprint density at radius 1 is 1.56 bits per heavy atom. The summed E-state index contributed by atoms with van der Waals surface area (Å²) in [5, 5.41) is 10.0. The number of anilines is 2. The third-order valence-corrected chi connectivity index (χ3v) is 3.01. The van der Waals surface area contributed by atoms with E-state index in [0.29, 0.717) is 15.9 Å². The van der Waals surface area contributed by atoms with E-state index in [0.717, 1.165) is 0 Å². The molecule has 0 atom stereocenters. The molecule has 0 fully saturated rings. The van der Waals surface area contributed by atoms with Gasteiger partial charge >= 0.3 is 0 Å². The molecule has 6 nitrogen and oxygen atoms in total. The van der Waals surface area contributed by atoms with Gasteiger partial charge in [-0.3, -0.25) is 4.79 Å². The van der Waals surface area contributed by atoms with E-state index in [1.807, 2.05) is 0 Å². The third kappa shape index (κ3) is 3.64. The highest BCUT2D eigenvalue weighted by Crippen LogP contribution is 2.16. The van der Waals surface area contributed by atoms with Gasteiger partial charge in [0.25, 0.3) is 0 Å². The van der Waals surface area contributed by atoms with Crippen LogP contribution in [0.15, 0.2) is 29.4 Å². The predicted octanol–water partition coefficient (Wildman–Crippen LogP) is 1.77. The maximum Gasteiger partial charge on any atom is 0.234 e. The van der Waals surface area contributed by atoms with E-state index in [-0.39, 0.29) is 17.6 Å². The van der Waals surface area contributed by atoms with Crippen LogP contribution < -0.4 is 11.1 Å². The number of amides is 1. The number of nitrogens with one attached hydrogen (secondary N) is 2. The molecule has 2 aromatic rings. The average Bonchev–Trinajstić information content (AvgIpc) is 2.73. The molecule has 0 saturated carbocycles. The molecule has 2 rings (SSSR count). The lowest BCUT2D eigenvalue weighted by Crippen LogP contribution is -2.14. The Hall–Kier alpha value is -1.73. The Morgan fingerprint density at radius 3 is 3.06 bits per heavy atom. The number of nitrogens with two attached hydrogens (primary N) is 1. The monoisotopic (exact) mass is 283 g/mol. The number of halogens is 1. The summed E-state index contributed by atoms with van der Waals surface area (Å²) in [6.07, 6.45) is 0. The molecule has 0 spiro atoms. The highest BCUT2D eigenvalue weighted by Gasteiger charge is 2.07. The van der Waals surface area contributed by atoms with Crippen LogP contribution in [-0.2, 0) is 4.79 Å². The molecule has 0 aliphatic heterocycles. The molecule has 1 amide bonds. The fraction of sp³-hybridized carbons (Fsp3) is 0.100. The number of aromatic amines is 1. The minimum absolute atomic E-state index is 0.161. The molecule has 0 unspecified atom stereocenters. The molecule has 8 heteroatoms. The highest BCUT2D eigenvalue weighted by molar-refractivity contribution is 7.99. The van der Waals surface area contributed by atoms with Gasteiger partial charge in [0.05, 0.1) is 5.75 Å². The van der Waals surface area contributed by atoms with Gasteiger partial charge in [-0.1, -0.05) is 29.4 Å². The van der Waals surface area contributed by atoms with Gasteiger partial charge in [-0.05, 0) is 18.2 Å². The summed E-state index contributed by atoms with van der Waals surface area (Å²) in [6, 6.07) is 6.94. The fourth-order valence-corrected chi connectivity index (χ4v) is 2.01. The average molecular weight is 284 g/mol. The zero-order valence-electron chi connectivity index (χ0n) is 9.18. The van der Waals surface area contributed by atoms with Crippen LogP contribution in [0.3, 0.4) is 0 Å². The van der Waals surface area contributed by atoms with Crippen molar-refractivity contribution in [2.24, 2.45) is 0 Å². The van der Waals surface area contributed by atoms with Crippen LogP contribution >= 0.6 is 23.4 Å². The molecule has 0 saturated heterocycles. The van der Waals surface area contributed by atoms with Crippen LogP contribution in [0, 0.1) is 0 Å². The van der Waals surface area contributed by atoms with Crippen LogP contribution in [0.25, 0.3) is 0 Å². The number of rotatable bonds is 4. The molecule has 0 bridgehead atoms. The van der Waals surface area contributed by atoms with Crippen LogP contribution in [0.4, 0.5) is 11.6 Å². The van der Waals surface area contributed by atoms with Gasteiger partial charge in [0, 0.05) is 10.7 Å². The van der Waals surface area contributed by atoms with Crippen LogP contribution in [0.2, 0.25) is 5.02 Å². The molecular weight excluding hydrogens is 274 g/mol. The summed E-state index contributed by atoms with van der Waals surface area (Å²) in [6.45, 7) is 0. The lowest BCUT2D eigenvalue weighted by molar-refractivity contribution is -0.113.